The number of nitrogens with zero attached hydrogens (tertiary/aromatic N) is 3. The van der Waals surface area contributed by atoms with Gasteiger partial charge in [-0.1, -0.05) is 41.9 Å². The van der Waals surface area contributed by atoms with Crippen LogP contribution in [-0.4, -0.2) is 67.7 Å². The highest BCUT2D eigenvalue weighted by Crippen LogP contribution is 2.42. The predicted molar refractivity (Wildman–Crippen MR) is 313 cm³/mol. The van der Waals surface area contributed by atoms with Crippen molar-refractivity contribution in [3.05, 3.63) is 202 Å². The number of amides is 2. The number of nitrogens with one attached hydrogen (secondary N) is 2. The van der Waals surface area contributed by atoms with Crippen LogP contribution >= 0.6 is 56.8 Å². The fourth-order valence-electron chi connectivity index (χ4n) is 9.42. The predicted octanol–water partition coefficient (Wildman–Crippen LogP) is 11.8. The van der Waals surface area contributed by atoms with Crippen LogP contribution in [0.2, 0.25) is 5.02 Å². The van der Waals surface area contributed by atoms with Crippen LogP contribution in [0.5, 0.6) is 5.75 Å². The van der Waals surface area contributed by atoms with E-state index < -0.39 is 11.9 Å². The fourth-order valence-corrected chi connectivity index (χ4v) is 10.3. The van der Waals surface area contributed by atoms with Crippen molar-refractivity contribution < 1.29 is 33.4 Å². The average Bonchev–Trinajstić information content (AvgIpc) is 3.69. The Kier molecular flexibility index (Phi) is 16.4. The third-order valence-electron chi connectivity index (χ3n) is 13.4. The summed E-state index contributed by atoms with van der Waals surface area (Å²) in [6.45, 7) is 3.82. The van der Waals surface area contributed by atoms with Crippen LogP contribution in [0, 0.1) is 14.1 Å². The van der Waals surface area contributed by atoms with Crippen LogP contribution < -0.4 is 30.2 Å². The van der Waals surface area contributed by atoms with E-state index in [2.05, 4.69) is 114 Å². The summed E-state index contributed by atoms with van der Waals surface area (Å²) in [6, 6.07) is 45.7. The normalized spacial score (nSPS) is 11.7. The van der Waals surface area contributed by atoms with Gasteiger partial charge in [-0.05, 0) is 179 Å². The number of ether oxygens (including phenoxy) is 1. The molecule has 1 aromatic heterocycles. The molecule has 0 saturated carbocycles. The van der Waals surface area contributed by atoms with Gasteiger partial charge in [-0.2, -0.15) is 0 Å². The maximum Gasteiger partial charge on any atom is 0.336 e. The highest BCUT2D eigenvalue weighted by atomic mass is 127. The lowest BCUT2D eigenvalue weighted by Crippen LogP contribution is -2.28. The summed E-state index contributed by atoms with van der Waals surface area (Å²) in [5.74, 6) is -0.853. The van der Waals surface area contributed by atoms with E-state index in [0.717, 1.165) is 45.6 Å². The first-order chi connectivity index (χ1) is 36.1. The Labute approximate surface area is 466 Å². The zero-order valence-corrected chi connectivity index (χ0v) is 46.7. The van der Waals surface area contributed by atoms with Crippen molar-refractivity contribution in [1.82, 2.24) is 19.8 Å². The number of anilines is 1. The Morgan fingerprint density at radius 3 is 2.11 bits per heavy atom. The Balaban J connectivity index is 0.911. The van der Waals surface area contributed by atoms with Crippen LogP contribution in [0.4, 0.5) is 5.69 Å². The highest BCUT2D eigenvalue weighted by molar-refractivity contribution is 14.1. The molecule has 0 atom stereocenters. The molecule has 380 valence electrons. The standard InChI is InChI=1S/C60H52ClI2N5O7/c1-36-50(51-32-46(74-4)22-26-53(51)68(36)59(71)39-11-14-41(61)15-12-39)33-56(69)64-27-5-6-28-65-58(70)40-13-23-47(52(29-40)60(72)73)57-48-24-20-44(66(2)34-37-7-16-42(62)17-8-37)30-54(48)75-55-31-45(21-25-49(55)57)67(3)35-38-9-18-43(63)19-10-38/h7-26,29-32H,5-6,27-28,33-35H2,1-4H3,(H2-,64,65,69,70,72,73)/p+1. The number of aromatic carboxylic acids is 1. The van der Waals surface area contributed by atoms with Gasteiger partial charge in [-0.25, -0.2) is 9.37 Å². The fraction of sp³-hybridized carbons (Fsp3) is 0.183. The third-order valence-corrected chi connectivity index (χ3v) is 15.1. The summed E-state index contributed by atoms with van der Waals surface area (Å²) in [5, 5.41) is 19.6. The molecule has 0 unspecified atom stereocenters. The molecule has 3 N–H and O–H groups in total. The number of carboxylic acid groups (broad SMARTS) is 1. The largest absolute Gasteiger partial charge is 0.497 e. The molecule has 6 aromatic carbocycles. The summed E-state index contributed by atoms with van der Waals surface area (Å²) in [4.78, 5) is 56.1. The zero-order valence-electron chi connectivity index (χ0n) is 41.7. The highest BCUT2D eigenvalue weighted by Gasteiger charge is 2.25. The van der Waals surface area contributed by atoms with Gasteiger partial charge in [0.05, 0.1) is 30.7 Å². The Hall–Kier alpha value is -7.02. The van der Waals surface area contributed by atoms with Crippen LogP contribution in [0.25, 0.3) is 44.3 Å². The molecule has 1 aliphatic carbocycles. The number of rotatable bonds is 17. The number of methoxy groups -OCH3 is 1. The van der Waals surface area contributed by atoms with Gasteiger partial charge in [-0.3, -0.25) is 19.0 Å². The van der Waals surface area contributed by atoms with E-state index >= 15 is 0 Å². The molecule has 75 heavy (non-hydrogen) atoms. The first-order valence-electron chi connectivity index (χ1n) is 24.3. The van der Waals surface area contributed by atoms with Gasteiger partial charge in [0.2, 0.25) is 11.3 Å². The second kappa shape index (κ2) is 23.3. The topological polar surface area (TPSA) is 146 Å². The minimum atomic E-state index is -1.17. The Morgan fingerprint density at radius 1 is 0.747 bits per heavy atom. The number of halogens is 3. The van der Waals surface area contributed by atoms with Gasteiger partial charge in [0.15, 0.2) is 6.54 Å². The van der Waals surface area contributed by atoms with Gasteiger partial charge in [0, 0.05) is 101 Å². The van der Waals surface area contributed by atoms with Gasteiger partial charge in [-0.15, -0.1) is 0 Å². The van der Waals surface area contributed by atoms with Crippen molar-refractivity contribution in [3.8, 4) is 28.2 Å². The number of unbranched alkanes of at least 4 members (excludes halogenated alkanes) is 1. The molecule has 1 aliphatic heterocycles. The molecule has 9 rings (SSSR count). The van der Waals surface area contributed by atoms with Gasteiger partial charge in [0.1, 0.15) is 24.1 Å². The molecule has 2 aliphatic rings. The van der Waals surface area contributed by atoms with E-state index in [9.17, 15) is 24.3 Å². The summed E-state index contributed by atoms with van der Waals surface area (Å²) in [6.07, 6.45) is 1.16. The van der Waals surface area contributed by atoms with E-state index in [0.29, 0.717) is 94.6 Å². The molecule has 2 heterocycles. The first kappa shape index (κ1) is 52.8. The van der Waals surface area contributed by atoms with Crippen molar-refractivity contribution in [2.45, 2.75) is 39.3 Å². The molecular formula is C60H53ClI2N5O7+. The summed E-state index contributed by atoms with van der Waals surface area (Å²) >= 11 is 10.7. The maximum absolute atomic E-state index is 13.7. The lowest BCUT2D eigenvalue weighted by molar-refractivity contribution is -0.120. The van der Waals surface area contributed by atoms with E-state index in [1.54, 1.807) is 54.1 Å². The Bertz CT molecular complexity index is 3680. The van der Waals surface area contributed by atoms with Crippen molar-refractivity contribution in [3.63, 3.8) is 0 Å². The van der Waals surface area contributed by atoms with Crippen molar-refractivity contribution in [2.24, 2.45) is 0 Å². The smallest absolute Gasteiger partial charge is 0.336 e. The molecule has 0 bridgehead atoms. The summed E-state index contributed by atoms with van der Waals surface area (Å²) < 4.78 is 18.3. The quantitative estimate of drug-likeness (QED) is 0.0354. The van der Waals surface area contributed by atoms with E-state index in [-0.39, 0.29) is 29.4 Å². The summed E-state index contributed by atoms with van der Waals surface area (Å²) in [7, 11) is 5.63. The molecule has 0 fully saturated rings. The Morgan fingerprint density at radius 2 is 1.41 bits per heavy atom. The molecule has 15 heteroatoms. The molecule has 0 saturated heterocycles. The SMILES string of the molecule is COc1ccc2c(c1)c(CC(=O)NCCCCNC(=O)c1ccc(-c3c4ccc(=[N+](C)Cc5ccc(I)cc5)cc-4oc4cc(N(C)Cc5ccc(I)cc5)ccc34)c(C(=O)O)c1)c(C)n2C(=O)c1ccc(Cl)cc1. The monoisotopic (exact) mass is 1240 g/mol. The number of carbonyl (C=O) groups excluding carboxylic acids is 3. The second-order valence-electron chi connectivity index (χ2n) is 18.5. The number of carbonyl (C=O) groups is 4. The summed E-state index contributed by atoms with van der Waals surface area (Å²) in [5.41, 5.74) is 8.36. The average molecular weight is 1250 g/mol. The van der Waals surface area contributed by atoms with E-state index in [1.807, 2.05) is 69.6 Å². The second-order valence-corrected chi connectivity index (χ2v) is 21.4. The number of fused-ring (bicyclic) bond motifs is 3. The number of carboxylic acids is 1. The molecular weight excluding hydrogens is 1190 g/mol. The number of aromatic nitrogens is 1. The van der Waals surface area contributed by atoms with Crippen molar-refractivity contribution in [2.75, 3.05) is 39.2 Å². The molecule has 0 spiro atoms. The third kappa shape index (κ3) is 11.9. The number of hydrogen-bond acceptors (Lipinski definition) is 7. The molecule has 7 aromatic rings. The lowest BCUT2D eigenvalue weighted by atomic mass is 9.89. The van der Waals surface area contributed by atoms with Crippen molar-refractivity contribution >= 4 is 108 Å². The maximum atomic E-state index is 13.7. The van der Waals surface area contributed by atoms with Crippen LogP contribution in [0.3, 0.4) is 0 Å². The lowest BCUT2D eigenvalue weighted by Gasteiger charge is -2.22. The van der Waals surface area contributed by atoms with Gasteiger partial charge < -0.3 is 29.8 Å². The van der Waals surface area contributed by atoms with Gasteiger partial charge >= 0.3 is 5.97 Å². The minimum absolute atomic E-state index is 0.0230. The zero-order chi connectivity index (χ0) is 52.9. The molecule has 12 nitrogen and oxygen atoms in total. The van der Waals surface area contributed by atoms with E-state index in [1.165, 1.54) is 6.07 Å². The number of hydrogen-bond donors (Lipinski definition) is 3. The molecule has 2 amide bonds. The van der Waals surface area contributed by atoms with Crippen LogP contribution in [-0.2, 0) is 24.3 Å². The van der Waals surface area contributed by atoms with Crippen molar-refractivity contribution in [1.29, 1.82) is 0 Å². The van der Waals surface area contributed by atoms with Crippen LogP contribution in [0.1, 0.15) is 66.3 Å². The molecule has 0 radical (unpaired) electrons. The first-order valence-corrected chi connectivity index (χ1v) is 26.8. The minimum Gasteiger partial charge on any atom is -0.497 e. The van der Waals surface area contributed by atoms with Gasteiger partial charge in [0.25, 0.3) is 11.8 Å². The van der Waals surface area contributed by atoms with Crippen LogP contribution in [0.15, 0.2) is 150 Å². The van der Waals surface area contributed by atoms with E-state index in [4.69, 9.17) is 20.8 Å². The number of benzene rings is 7.